The average Bonchev–Trinajstić information content (AvgIpc) is 2.25. The molecule has 0 amide bonds. The zero-order valence-electron chi connectivity index (χ0n) is 9.70. The van der Waals surface area contributed by atoms with Gasteiger partial charge in [0, 0.05) is 23.8 Å². The van der Waals surface area contributed by atoms with Gasteiger partial charge in [0.25, 0.3) is 0 Å². The van der Waals surface area contributed by atoms with Crippen LogP contribution in [0.2, 0.25) is 5.02 Å². The van der Waals surface area contributed by atoms with Crippen LogP contribution in [0.1, 0.15) is 32.9 Å². The summed E-state index contributed by atoms with van der Waals surface area (Å²) in [6.45, 7) is 8.55. The summed E-state index contributed by atoms with van der Waals surface area (Å²) in [4.78, 5) is 6.72. The number of aromatic nitrogens is 1. The standard InChI is InChI=1S/C12H19ClN2/c1-4-10(3)15(5-2)9-12-8-11(13)6-7-14-12/h6-8,10H,4-5,9H2,1-3H3. The van der Waals surface area contributed by atoms with Crippen LogP contribution in [0, 0.1) is 0 Å². The van der Waals surface area contributed by atoms with E-state index in [2.05, 4.69) is 30.7 Å². The van der Waals surface area contributed by atoms with Crippen molar-refractivity contribution in [3.8, 4) is 0 Å². The number of nitrogens with zero attached hydrogens (tertiary/aromatic N) is 2. The Morgan fingerprint density at radius 1 is 1.47 bits per heavy atom. The van der Waals surface area contributed by atoms with E-state index >= 15 is 0 Å². The Kier molecular flexibility index (Phi) is 5.06. The molecule has 0 saturated heterocycles. The van der Waals surface area contributed by atoms with E-state index in [0.717, 1.165) is 30.2 Å². The first-order valence-corrected chi connectivity index (χ1v) is 5.89. The molecule has 0 saturated carbocycles. The summed E-state index contributed by atoms with van der Waals surface area (Å²) in [5.74, 6) is 0. The van der Waals surface area contributed by atoms with Crippen molar-refractivity contribution in [1.29, 1.82) is 0 Å². The van der Waals surface area contributed by atoms with Crippen molar-refractivity contribution in [3.05, 3.63) is 29.0 Å². The predicted molar refractivity (Wildman–Crippen MR) is 65.1 cm³/mol. The lowest BCUT2D eigenvalue weighted by atomic mass is 10.2. The molecule has 0 N–H and O–H groups in total. The van der Waals surface area contributed by atoms with Crippen LogP contribution in [-0.2, 0) is 6.54 Å². The zero-order chi connectivity index (χ0) is 11.3. The molecule has 1 atom stereocenters. The third kappa shape index (κ3) is 3.80. The highest BCUT2D eigenvalue weighted by Crippen LogP contribution is 2.12. The summed E-state index contributed by atoms with van der Waals surface area (Å²) >= 11 is 5.93. The Hall–Kier alpha value is -0.600. The molecule has 1 aromatic heterocycles. The molecule has 0 aliphatic carbocycles. The van der Waals surface area contributed by atoms with E-state index in [1.807, 2.05) is 12.1 Å². The van der Waals surface area contributed by atoms with Crippen molar-refractivity contribution in [2.24, 2.45) is 0 Å². The summed E-state index contributed by atoms with van der Waals surface area (Å²) in [6, 6.07) is 4.34. The predicted octanol–water partition coefficient (Wildman–Crippen LogP) is 3.36. The molecule has 15 heavy (non-hydrogen) atoms. The summed E-state index contributed by atoms with van der Waals surface area (Å²) in [5, 5.41) is 0.764. The molecule has 0 aromatic carbocycles. The van der Waals surface area contributed by atoms with E-state index in [-0.39, 0.29) is 0 Å². The molecule has 1 rings (SSSR count). The Morgan fingerprint density at radius 2 is 2.20 bits per heavy atom. The van der Waals surface area contributed by atoms with Crippen molar-refractivity contribution in [1.82, 2.24) is 9.88 Å². The quantitative estimate of drug-likeness (QED) is 0.766. The maximum Gasteiger partial charge on any atom is 0.0558 e. The van der Waals surface area contributed by atoms with Gasteiger partial charge in [-0.2, -0.15) is 0 Å². The minimum atomic E-state index is 0.593. The van der Waals surface area contributed by atoms with Crippen LogP contribution in [-0.4, -0.2) is 22.5 Å². The van der Waals surface area contributed by atoms with Gasteiger partial charge in [0.2, 0.25) is 0 Å². The van der Waals surface area contributed by atoms with Crippen LogP contribution in [0.3, 0.4) is 0 Å². The van der Waals surface area contributed by atoms with Crippen LogP contribution in [0.25, 0.3) is 0 Å². The van der Waals surface area contributed by atoms with E-state index in [9.17, 15) is 0 Å². The Morgan fingerprint density at radius 3 is 2.73 bits per heavy atom. The van der Waals surface area contributed by atoms with Gasteiger partial charge in [-0.1, -0.05) is 25.4 Å². The van der Waals surface area contributed by atoms with E-state index in [4.69, 9.17) is 11.6 Å². The topological polar surface area (TPSA) is 16.1 Å². The van der Waals surface area contributed by atoms with E-state index in [0.29, 0.717) is 6.04 Å². The molecule has 2 nitrogen and oxygen atoms in total. The molecule has 3 heteroatoms. The van der Waals surface area contributed by atoms with Crippen molar-refractivity contribution in [2.75, 3.05) is 6.54 Å². The second-order valence-corrected chi connectivity index (χ2v) is 4.22. The Balaban J connectivity index is 2.66. The Bertz CT molecular complexity index is 301. The van der Waals surface area contributed by atoms with Crippen molar-refractivity contribution < 1.29 is 0 Å². The fourth-order valence-electron chi connectivity index (χ4n) is 1.58. The van der Waals surface area contributed by atoms with Gasteiger partial charge in [-0.15, -0.1) is 0 Å². The van der Waals surface area contributed by atoms with Gasteiger partial charge < -0.3 is 0 Å². The van der Waals surface area contributed by atoms with Gasteiger partial charge in [-0.05, 0) is 32.0 Å². The minimum Gasteiger partial charge on any atom is -0.295 e. The van der Waals surface area contributed by atoms with Crippen molar-refractivity contribution in [2.45, 2.75) is 39.8 Å². The second-order valence-electron chi connectivity index (χ2n) is 3.79. The van der Waals surface area contributed by atoms with Crippen molar-refractivity contribution in [3.63, 3.8) is 0 Å². The highest BCUT2D eigenvalue weighted by molar-refractivity contribution is 6.30. The van der Waals surface area contributed by atoms with Crippen LogP contribution in [0.15, 0.2) is 18.3 Å². The molecule has 0 aliphatic heterocycles. The van der Waals surface area contributed by atoms with E-state index < -0.39 is 0 Å². The molecule has 1 aromatic rings. The molecule has 0 bridgehead atoms. The lowest BCUT2D eigenvalue weighted by Gasteiger charge is -2.26. The van der Waals surface area contributed by atoms with Crippen molar-refractivity contribution >= 4 is 11.6 Å². The normalized spacial score (nSPS) is 13.1. The second kappa shape index (κ2) is 6.09. The number of halogens is 1. The van der Waals surface area contributed by atoms with Gasteiger partial charge in [-0.25, -0.2) is 0 Å². The lowest BCUT2D eigenvalue weighted by molar-refractivity contribution is 0.203. The Labute approximate surface area is 97.3 Å². The number of hydrogen-bond donors (Lipinski definition) is 0. The maximum atomic E-state index is 5.93. The molecular weight excluding hydrogens is 208 g/mol. The van der Waals surface area contributed by atoms with Gasteiger partial charge in [0.15, 0.2) is 0 Å². The summed E-state index contributed by atoms with van der Waals surface area (Å²) in [6.07, 6.45) is 2.93. The summed E-state index contributed by atoms with van der Waals surface area (Å²) in [5.41, 5.74) is 1.05. The highest BCUT2D eigenvalue weighted by atomic mass is 35.5. The SMILES string of the molecule is CCC(C)N(CC)Cc1cc(Cl)ccn1. The first-order chi connectivity index (χ1) is 7.17. The lowest BCUT2D eigenvalue weighted by Crippen LogP contribution is -2.32. The van der Waals surface area contributed by atoms with Gasteiger partial charge in [0.05, 0.1) is 5.69 Å². The molecule has 0 fully saturated rings. The molecule has 0 spiro atoms. The van der Waals surface area contributed by atoms with Crippen LogP contribution < -0.4 is 0 Å². The fraction of sp³-hybridized carbons (Fsp3) is 0.583. The minimum absolute atomic E-state index is 0.593. The van der Waals surface area contributed by atoms with Crippen LogP contribution in [0.5, 0.6) is 0 Å². The average molecular weight is 227 g/mol. The van der Waals surface area contributed by atoms with Gasteiger partial charge in [0.1, 0.15) is 0 Å². The van der Waals surface area contributed by atoms with Gasteiger partial charge >= 0.3 is 0 Å². The molecule has 1 heterocycles. The number of hydrogen-bond acceptors (Lipinski definition) is 2. The molecule has 0 radical (unpaired) electrons. The van der Waals surface area contributed by atoms with Crippen LogP contribution in [0.4, 0.5) is 0 Å². The fourth-order valence-corrected chi connectivity index (χ4v) is 1.76. The zero-order valence-corrected chi connectivity index (χ0v) is 10.5. The number of pyridine rings is 1. The third-order valence-corrected chi connectivity index (χ3v) is 3.00. The van der Waals surface area contributed by atoms with E-state index in [1.165, 1.54) is 0 Å². The monoisotopic (exact) mass is 226 g/mol. The molecule has 84 valence electrons. The first kappa shape index (κ1) is 12.5. The summed E-state index contributed by atoms with van der Waals surface area (Å²) < 4.78 is 0. The molecular formula is C12H19ClN2. The van der Waals surface area contributed by atoms with E-state index in [1.54, 1.807) is 6.20 Å². The maximum absolute atomic E-state index is 5.93. The van der Waals surface area contributed by atoms with Crippen LogP contribution >= 0.6 is 11.6 Å². The molecule has 0 aliphatic rings. The number of rotatable bonds is 5. The first-order valence-electron chi connectivity index (χ1n) is 5.51. The largest absolute Gasteiger partial charge is 0.295 e. The highest BCUT2D eigenvalue weighted by Gasteiger charge is 2.10. The molecule has 1 unspecified atom stereocenters. The summed E-state index contributed by atoms with van der Waals surface area (Å²) in [7, 11) is 0. The third-order valence-electron chi connectivity index (χ3n) is 2.76. The van der Waals surface area contributed by atoms with Gasteiger partial charge in [-0.3, -0.25) is 9.88 Å². The smallest absolute Gasteiger partial charge is 0.0558 e.